The normalized spacial score (nSPS) is 12.9. The molecule has 2 N–H and O–H groups in total. The van der Waals surface area contributed by atoms with E-state index in [1.165, 1.54) is 0 Å². The van der Waals surface area contributed by atoms with E-state index in [2.05, 4.69) is 4.72 Å². The molecule has 4 aromatic rings. The van der Waals surface area contributed by atoms with Crippen molar-refractivity contribution < 1.29 is 13.5 Å². The van der Waals surface area contributed by atoms with Crippen LogP contribution < -0.4 is 4.72 Å². The van der Waals surface area contributed by atoms with Gasteiger partial charge in [-0.3, -0.25) is 0 Å². The number of hydrogen-bond acceptors (Lipinski definition) is 3. The summed E-state index contributed by atoms with van der Waals surface area (Å²) in [6, 6.07) is 33.1. The molecular weight excluding hydrogens is 418 g/mol. The molecule has 0 aliphatic carbocycles. The average molecular weight is 444 g/mol. The van der Waals surface area contributed by atoms with Gasteiger partial charge in [0.05, 0.1) is 10.9 Å². The van der Waals surface area contributed by atoms with E-state index in [0.29, 0.717) is 16.7 Å². The predicted octanol–water partition coefficient (Wildman–Crippen LogP) is 4.95. The Bertz CT molecular complexity index is 1220. The zero-order valence-electron chi connectivity index (χ0n) is 17.7. The van der Waals surface area contributed by atoms with E-state index in [-0.39, 0.29) is 4.90 Å². The Morgan fingerprint density at radius 2 is 1.12 bits per heavy atom. The molecule has 0 saturated carbocycles. The fraction of sp³-hybridized carbons (Fsp3) is 0.111. The van der Waals surface area contributed by atoms with Crippen LogP contribution in [0.25, 0.3) is 0 Å². The highest BCUT2D eigenvalue weighted by Gasteiger charge is 2.43. The van der Waals surface area contributed by atoms with Gasteiger partial charge in [0, 0.05) is 0 Å². The van der Waals surface area contributed by atoms with Gasteiger partial charge in [-0.1, -0.05) is 109 Å². The van der Waals surface area contributed by atoms with Crippen LogP contribution in [0.3, 0.4) is 0 Å². The first-order valence-corrected chi connectivity index (χ1v) is 11.9. The van der Waals surface area contributed by atoms with Gasteiger partial charge >= 0.3 is 0 Å². The highest BCUT2D eigenvalue weighted by atomic mass is 32.2. The number of nitrogens with one attached hydrogen (secondary N) is 1. The second-order valence-corrected chi connectivity index (χ2v) is 9.49. The van der Waals surface area contributed by atoms with Crippen LogP contribution in [0.1, 0.15) is 28.3 Å². The van der Waals surface area contributed by atoms with E-state index in [1.54, 1.807) is 24.3 Å². The smallest absolute Gasteiger partial charge is 0.241 e. The Balaban J connectivity index is 1.91. The van der Waals surface area contributed by atoms with Gasteiger partial charge in [0.1, 0.15) is 5.60 Å². The zero-order valence-corrected chi connectivity index (χ0v) is 18.5. The van der Waals surface area contributed by atoms with E-state index < -0.39 is 21.7 Å². The van der Waals surface area contributed by atoms with Crippen LogP contribution >= 0.6 is 0 Å². The Hall–Kier alpha value is -3.25. The first-order chi connectivity index (χ1) is 15.4. The predicted molar refractivity (Wildman–Crippen MR) is 127 cm³/mol. The van der Waals surface area contributed by atoms with Gasteiger partial charge in [0.2, 0.25) is 10.0 Å². The van der Waals surface area contributed by atoms with Crippen LogP contribution in [-0.4, -0.2) is 13.5 Å². The molecule has 0 saturated heterocycles. The molecule has 0 fully saturated rings. The summed E-state index contributed by atoms with van der Waals surface area (Å²) in [5.41, 5.74) is 1.15. The van der Waals surface area contributed by atoms with Gasteiger partial charge in [0.25, 0.3) is 0 Å². The van der Waals surface area contributed by atoms with Gasteiger partial charge in [-0.15, -0.1) is 0 Å². The third-order valence-electron chi connectivity index (χ3n) is 5.58. The minimum atomic E-state index is -3.93. The van der Waals surface area contributed by atoms with E-state index in [0.717, 1.165) is 5.56 Å². The van der Waals surface area contributed by atoms with E-state index in [4.69, 9.17) is 0 Å². The fourth-order valence-corrected chi connectivity index (χ4v) is 5.11. The molecule has 4 rings (SSSR count). The number of hydrogen-bond donors (Lipinski definition) is 2. The van der Waals surface area contributed by atoms with Crippen molar-refractivity contribution in [1.29, 1.82) is 0 Å². The lowest BCUT2D eigenvalue weighted by molar-refractivity contribution is 0.0449. The first-order valence-electron chi connectivity index (χ1n) is 10.4. The molecule has 0 amide bonds. The molecule has 0 unspecified atom stereocenters. The maximum atomic E-state index is 13.4. The molecule has 1 atom stereocenters. The fourth-order valence-electron chi connectivity index (χ4n) is 3.87. The summed E-state index contributed by atoms with van der Waals surface area (Å²) in [6.45, 7) is 1.90. The van der Waals surface area contributed by atoms with Crippen LogP contribution in [0.5, 0.6) is 0 Å². The third kappa shape index (κ3) is 4.36. The molecule has 0 bridgehead atoms. The standard InChI is InChI=1S/C27H25NO3S/c1-21-17-19-25(20-18-21)32(30,31)28-26(22-11-5-2-6-12-22)27(29,23-13-7-3-8-14-23)24-15-9-4-10-16-24/h2-20,26,28-29H,1H3/t26-/m1/s1. The minimum absolute atomic E-state index is 0.146. The molecule has 5 heteroatoms. The van der Waals surface area contributed by atoms with E-state index in [9.17, 15) is 13.5 Å². The molecule has 4 aromatic carbocycles. The number of benzene rings is 4. The second-order valence-electron chi connectivity index (χ2n) is 7.78. The molecule has 0 aliphatic rings. The van der Waals surface area contributed by atoms with Crippen molar-refractivity contribution in [3.05, 3.63) is 138 Å². The lowest BCUT2D eigenvalue weighted by Crippen LogP contribution is -2.45. The van der Waals surface area contributed by atoms with E-state index in [1.807, 2.05) is 97.9 Å². The van der Waals surface area contributed by atoms with Crippen molar-refractivity contribution in [2.24, 2.45) is 0 Å². The lowest BCUT2D eigenvalue weighted by atomic mass is 9.78. The molecule has 4 nitrogen and oxygen atoms in total. The average Bonchev–Trinajstić information content (AvgIpc) is 2.84. The summed E-state index contributed by atoms with van der Waals surface area (Å²) in [5, 5.41) is 12.3. The maximum absolute atomic E-state index is 13.4. The highest BCUT2D eigenvalue weighted by molar-refractivity contribution is 7.89. The number of rotatable bonds is 7. The van der Waals surface area contributed by atoms with E-state index >= 15 is 0 Å². The van der Waals surface area contributed by atoms with Crippen molar-refractivity contribution in [3.8, 4) is 0 Å². The van der Waals surface area contributed by atoms with Crippen LogP contribution in [0, 0.1) is 6.92 Å². The summed E-state index contributed by atoms with van der Waals surface area (Å²) in [5.74, 6) is 0. The molecule has 0 aromatic heterocycles. The van der Waals surface area contributed by atoms with Crippen LogP contribution in [0.2, 0.25) is 0 Å². The molecule has 0 aliphatic heterocycles. The van der Waals surface area contributed by atoms with Crippen LogP contribution in [0.15, 0.2) is 120 Å². The summed E-state index contributed by atoms with van der Waals surface area (Å²) < 4.78 is 29.6. The largest absolute Gasteiger partial charge is 0.378 e. The Labute approximate surface area is 189 Å². The number of aryl methyl sites for hydroxylation is 1. The maximum Gasteiger partial charge on any atom is 0.241 e. The van der Waals surface area contributed by atoms with Crippen molar-refractivity contribution in [1.82, 2.24) is 4.72 Å². The Morgan fingerprint density at radius 1 is 0.688 bits per heavy atom. The molecule has 0 spiro atoms. The molecule has 32 heavy (non-hydrogen) atoms. The highest BCUT2D eigenvalue weighted by Crippen LogP contribution is 2.41. The van der Waals surface area contributed by atoms with Crippen molar-refractivity contribution in [3.63, 3.8) is 0 Å². The summed E-state index contributed by atoms with van der Waals surface area (Å²) in [7, 11) is -3.93. The van der Waals surface area contributed by atoms with Gasteiger partial charge in [-0.2, -0.15) is 0 Å². The van der Waals surface area contributed by atoms with Gasteiger partial charge in [-0.05, 0) is 35.7 Å². The summed E-state index contributed by atoms with van der Waals surface area (Å²) in [4.78, 5) is 0.146. The summed E-state index contributed by atoms with van der Waals surface area (Å²) in [6.07, 6.45) is 0. The number of aliphatic hydroxyl groups is 1. The summed E-state index contributed by atoms with van der Waals surface area (Å²) >= 11 is 0. The van der Waals surface area contributed by atoms with Crippen molar-refractivity contribution in [2.45, 2.75) is 23.5 Å². The topological polar surface area (TPSA) is 66.4 Å². The van der Waals surface area contributed by atoms with Crippen LogP contribution in [0.4, 0.5) is 0 Å². The monoisotopic (exact) mass is 443 g/mol. The quantitative estimate of drug-likeness (QED) is 0.425. The third-order valence-corrected chi connectivity index (χ3v) is 7.02. The lowest BCUT2D eigenvalue weighted by Gasteiger charge is -2.38. The second kappa shape index (κ2) is 9.09. The number of sulfonamides is 1. The van der Waals surface area contributed by atoms with Gasteiger partial charge in [0.15, 0.2) is 0 Å². The minimum Gasteiger partial charge on any atom is -0.378 e. The van der Waals surface area contributed by atoms with Crippen molar-refractivity contribution in [2.75, 3.05) is 0 Å². The van der Waals surface area contributed by atoms with Crippen molar-refractivity contribution >= 4 is 10.0 Å². The first kappa shape index (κ1) is 22.0. The molecule has 0 radical (unpaired) electrons. The zero-order chi connectivity index (χ0) is 22.6. The molecule has 162 valence electrons. The van der Waals surface area contributed by atoms with Crippen LogP contribution in [-0.2, 0) is 15.6 Å². The molecular formula is C27H25NO3S. The SMILES string of the molecule is Cc1ccc(S(=O)(=O)N[C@H](c2ccccc2)C(O)(c2ccccc2)c2ccccc2)cc1. The Morgan fingerprint density at radius 3 is 1.59 bits per heavy atom. The Kier molecular flexibility index (Phi) is 6.24. The molecule has 0 heterocycles. The van der Waals surface area contributed by atoms with Gasteiger partial charge < -0.3 is 5.11 Å². The van der Waals surface area contributed by atoms with Gasteiger partial charge in [-0.25, -0.2) is 13.1 Å².